The highest BCUT2D eigenvalue weighted by atomic mass is 19.4. The largest absolute Gasteiger partial charge is 0.423 e. The normalized spacial score (nSPS) is 24.4. The van der Waals surface area contributed by atoms with Crippen molar-refractivity contribution in [3.63, 3.8) is 0 Å². The summed E-state index contributed by atoms with van der Waals surface area (Å²) in [6.07, 6.45) is 2.04. The van der Waals surface area contributed by atoms with Crippen LogP contribution in [-0.4, -0.2) is 84.1 Å². The van der Waals surface area contributed by atoms with Crippen LogP contribution in [0.2, 0.25) is 0 Å². The molecule has 1 saturated carbocycles. The Hall–Kier alpha value is -3.66. The number of nitrogens with one attached hydrogen (secondary N) is 1. The van der Waals surface area contributed by atoms with Gasteiger partial charge in [0, 0.05) is 44.2 Å². The van der Waals surface area contributed by atoms with Gasteiger partial charge in [-0.05, 0) is 51.5 Å². The molecule has 1 aromatic rings. The maximum absolute atomic E-state index is 13.5. The highest BCUT2D eigenvalue weighted by molar-refractivity contribution is 5.80. The van der Waals surface area contributed by atoms with Crippen molar-refractivity contribution in [1.82, 2.24) is 20.0 Å². The second kappa shape index (κ2) is 12.0. The molecule has 0 spiro atoms. The number of aromatic nitrogens is 2. The van der Waals surface area contributed by atoms with Crippen LogP contribution < -0.4 is 10.5 Å². The summed E-state index contributed by atoms with van der Waals surface area (Å²) >= 11 is 0. The van der Waals surface area contributed by atoms with Gasteiger partial charge in [-0.3, -0.25) is 9.59 Å². The second-order valence-electron chi connectivity index (χ2n) is 10.0. The number of halogens is 3. The maximum Gasteiger partial charge on any atom is 0.423 e. The number of allylic oxidation sites excluding steroid dienone is 3. The number of piperazine rings is 1. The molecule has 0 radical (unpaired) electrons. The smallest absolute Gasteiger partial charge is 0.376 e. The van der Waals surface area contributed by atoms with Crippen LogP contribution in [0.25, 0.3) is 0 Å². The topological polar surface area (TPSA) is 118 Å². The minimum Gasteiger partial charge on any atom is -0.376 e. The number of rotatable bonds is 8. The number of H-pyrrole nitrogens is 1. The molecule has 0 bridgehead atoms. The van der Waals surface area contributed by atoms with Gasteiger partial charge in [-0.15, -0.1) is 0 Å². The minimum atomic E-state index is -4.79. The molecule has 1 aromatic heterocycles. The molecule has 4 rings (SSSR count). The van der Waals surface area contributed by atoms with Crippen molar-refractivity contribution < 1.29 is 22.7 Å². The maximum atomic E-state index is 13.5. The van der Waals surface area contributed by atoms with E-state index in [2.05, 4.69) is 22.9 Å². The Kier molecular flexibility index (Phi) is 8.74. The lowest BCUT2D eigenvalue weighted by Gasteiger charge is -2.41. The summed E-state index contributed by atoms with van der Waals surface area (Å²) in [5.74, 6) is 0.607. The predicted octanol–water partition coefficient (Wildman–Crippen LogP) is 2.71. The summed E-state index contributed by atoms with van der Waals surface area (Å²) in [5, 5.41) is 14.4. The molecule has 3 fully saturated rings. The zero-order chi connectivity index (χ0) is 28.2. The molecule has 13 heteroatoms. The Bertz CT molecular complexity index is 1220. The van der Waals surface area contributed by atoms with Gasteiger partial charge in [0.25, 0.3) is 5.56 Å². The van der Waals surface area contributed by atoms with Crippen LogP contribution in [0.4, 0.5) is 18.9 Å². The summed E-state index contributed by atoms with van der Waals surface area (Å²) in [4.78, 5) is 34.3. The SMILES string of the molecule is C=N/C(=C\C=C(/C)C#N)N1CCN(C(=O)C2CC(OC[C@@H]3CCCN3c3cn[nH]c(=O)c3C(F)(F)F)C2)CC1. The Morgan fingerprint density at radius 2 is 1.95 bits per heavy atom. The van der Waals surface area contributed by atoms with Crippen LogP contribution in [0.3, 0.4) is 0 Å². The van der Waals surface area contributed by atoms with E-state index in [0.717, 1.165) is 6.20 Å². The molecule has 2 saturated heterocycles. The number of hydrogen-bond acceptors (Lipinski definition) is 8. The molecule has 3 heterocycles. The molecule has 0 unspecified atom stereocenters. The molecule has 10 nitrogen and oxygen atoms in total. The van der Waals surface area contributed by atoms with Gasteiger partial charge in [0.2, 0.25) is 5.91 Å². The van der Waals surface area contributed by atoms with E-state index in [4.69, 9.17) is 10.00 Å². The van der Waals surface area contributed by atoms with Crippen molar-refractivity contribution in [2.75, 3.05) is 44.2 Å². The van der Waals surface area contributed by atoms with Crippen molar-refractivity contribution in [2.24, 2.45) is 10.9 Å². The number of nitrogens with zero attached hydrogens (tertiary/aromatic N) is 6. The van der Waals surface area contributed by atoms with Gasteiger partial charge in [0.15, 0.2) is 0 Å². The molecular weight excluding hydrogens is 515 g/mol. The molecule has 210 valence electrons. The molecule has 1 N–H and O–H groups in total. The third-order valence-electron chi connectivity index (χ3n) is 7.51. The highest BCUT2D eigenvalue weighted by Crippen LogP contribution is 2.37. The fourth-order valence-corrected chi connectivity index (χ4v) is 5.27. The Morgan fingerprint density at radius 1 is 1.26 bits per heavy atom. The molecule has 1 amide bonds. The zero-order valence-corrected chi connectivity index (χ0v) is 21.8. The van der Waals surface area contributed by atoms with Gasteiger partial charge in [-0.1, -0.05) is 0 Å². The van der Waals surface area contributed by atoms with Gasteiger partial charge in [0.1, 0.15) is 11.4 Å². The van der Waals surface area contributed by atoms with Crippen LogP contribution in [0.1, 0.15) is 38.2 Å². The number of amides is 1. The Balaban J connectivity index is 1.25. The predicted molar refractivity (Wildman–Crippen MR) is 138 cm³/mol. The van der Waals surface area contributed by atoms with Crippen molar-refractivity contribution in [1.29, 1.82) is 5.26 Å². The van der Waals surface area contributed by atoms with E-state index in [-0.39, 0.29) is 36.3 Å². The van der Waals surface area contributed by atoms with E-state index >= 15 is 0 Å². The molecule has 1 atom stereocenters. The molecule has 2 aliphatic heterocycles. The zero-order valence-electron chi connectivity index (χ0n) is 21.8. The average Bonchev–Trinajstić information content (AvgIpc) is 3.35. The number of alkyl halides is 3. The number of nitriles is 1. The van der Waals surface area contributed by atoms with E-state index in [1.165, 1.54) is 0 Å². The summed E-state index contributed by atoms with van der Waals surface area (Å²) in [7, 11) is 0. The van der Waals surface area contributed by atoms with Gasteiger partial charge in [0.05, 0.1) is 36.7 Å². The Labute approximate surface area is 224 Å². The van der Waals surface area contributed by atoms with E-state index in [0.29, 0.717) is 69.8 Å². The van der Waals surface area contributed by atoms with Crippen molar-refractivity contribution in [3.05, 3.63) is 45.7 Å². The van der Waals surface area contributed by atoms with Crippen LogP contribution in [-0.2, 0) is 15.7 Å². The van der Waals surface area contributed by atoms with Crippen molar-refractivity contribution >= 4 is 18.3 Å². The third-order valence-corrected chi connectivity index (χ3v) is 7.51. The van der Waals surface area contributed by atoms with Gasteiger partial charge < -0.3 is 19.4 Å². The first kappa shape index (κ1) is 28.4. The standard InChI is InChI=1S/C26H32F3N7O3/c1-17(14-30)5-6-22(31-2)34-8-10-35(11-9-34)25(38)18-12-20(13-18)39-16-19-4-3-7-36(19)21-15-32-33-24(37)23(21)26(27,28)29/h5-6,15,18-20H,2-4,7-13,16H2,1H3,(H,33,37)/b17-5+,22-6+/t18?,19-,20?/m0/s1. The number of carbonyl (C=O) groups excluding carboxylic acids is 1. The fourth-order valence-electron chi connectivity index (χ4n) is 5.27. The summed E-state index contributed by atoms with van der Waals surface area (Å²) < 4.78 is 46.6. The minimum absolute atomic E-state index is 0.0821. The summed E-state index contributed by atoms with van der Waals surface area (Å²) in [5.41, 5.74) is -2.16. The van der Waals surface area contributed by atoms with Crippen LogP contribution in [0.5, 0.6) is 0 Å². The number of aromatic amines is 1. The van der Waals surface area contributed by atoms with Crippen LogP contribution >= 0.6 is 0 Å². The van der Waals surface area contributed by atoms with Gasteiger partial charge in [-0.2, -0.15) is 23.5 Å². The molecule has 0 aromatic carbocycles. The number of hydrogen-bond donors (Lipinski definition) is 1. The third kappa shape index (κ3) is 6.50. The second-order valence-corrected chi connectivity index (χ2v) is 10.0. The molecule has 39 heavy (non-hydrogen) atoms. The molecule has 1 aliphatic carbocycles. The first-order valence-electron chi connectivity index (χ1n) is 12.9. The van der Waals surface area contributed by atoms with Gasteiger partial charge in [-0.25, -0.2) is 10.1 Å². The number of ether oxygens (including phenoxy) is 1. The first-order chi connectivity index (χ1) is 18.6. The number of carbonyl (C=O) groups is 1. The van der Waals surface area contributed by atoms with Crippen molar-refractivity contribution in [2.45, 2.75) is 50.9 Å². The Morgan fingerprint density at radius 3 is 2.59 bits per heavy atom. The monoisotopic (exact) mass is 547 g/mol. The van der Waals surface area contributed by atoms with E-state index < -0.39 is 17.3 Å². The highest BCUT2D eigenvalue weighted by Gasteiger charge is 2.42. The number of anilines is 1. The van der Waals surface area contributed by atoms with E-state index in [1.807, 2.05) is 14.9 Å². The van der Waals surface area contributed by atoms with E-state index in [9.17, 15) is 22.8 Å². The van der Waals surface area contributed by atoms with Crippen molar-refractivity contribution in [3.8, 4) is 6.07 Å². The first-order valence-corrected chi connectivity index (χ1v) is 12.9. The quantitative estimate of drug-likeness (QED) is 0.302. The summed E-state index contributed by atoms with van der Waals surface area (Å²) in [6.45, 7) is 8.23. The summed E-state index contributed by atoms with van der Waals surface area (Å²) in [6, 6.07) is 1.76. The van der Waals surface area contributed by atoms with E-state index in [1.54, 1.807) is 24.0 Å². The van der Waals surface area contributed by atoms with Crippen LogP contribution in [0.15, 0.2) is 39.5 Å². The lowest BCUT2D eigenvalue weighted by Crippen LogP contribution is -2.52. The van der Waals surface area contributed by atoms with Crippen LogP contribution in [0, 0.1) is 17.2 Å². The fraction of sp³-hybridized carbons (Fsp3) is 0.577. The average molecular weight is 548 g/mol. The van der Waals surface area contributed by atoms with Gasteiger partial charge >= 0.3 is 6.18 Å². The molecular formula is C26H32F3N7O3. The lowest BCUT2D eigenvalue weighted by molar-refractivity contribution is -0.146. The molecule has 3 aliphatic rings. The lowest BCUT2D eigenvalue weighted by atomic mass is 9.81. The number of aliphatic imine (C=N–C) groups is 1.